The molecule has 96 valence electrons. The molecule has 1 heterocycles. The Hall–Kier alpha value is -1.66. The third-order valence-corrected chi connectivity index (χ3v) is 2.76. The number of carbonyl (C=O) groups is 1. The number of amides is 1. The molecule has 1 aromatic carbocycles. The van der Waals surface area contributed by atoms with Crippen LogP contribution < -0.4 is 38.6 Å². The van der Waals surface area contributed by atoms with E-state index in [1.807, 2.05) is 41.8 Å². The number of aryl methyl sites for hydroxylation is 1. The Bertz CT molecular complexity index is 586. The van der Waals surface area contributed by atoms with Crippen LogP contribution in [0.25, 0.3) is 10.9 Å². The number of fused-ring (bicyclic) bond motifs is 1. The molecule has 0 aliphatic rings. The maximum atomic E-state index is 11.4. The predicted octanol–water partition coefficient (Wildman–Crippen LogP) is -2.99. The maximum Gasteiger partial charge on any atom is 0.299 e. The Balaban J connectivity index is 0.00000162. The summed E-state index contributed by atoms with van der Waals surface area (Å²) in [4.78, 5) is 11.4. The molecule has 2 rings (SSSR count). The zero-order valence-corrected chi connectivity index (χ0v) is 11.6. The molecule has 0 spiro atoms. The quantitative estimate of drug-likeness (QED) is 0.239. The average Bonchev–Trinajstić information content (AvgIpc) is 2.34. The molecule has 0 unspecified atom stereocenters. The summed E-state index contributed by atoms with van der Waals surface area (Å²) >= 11 is 0. The number of nitrogens with two attached hydrogens (primary N) is 2. The molecule has 5 N–H and O–H groups in total. The molecule has 0 aliphatic carbocycles. The van der Waals surface area contributed by atoms with Crippen LogP contribution in [0.1, 0.15) is 5.69 Å². The largest absolute Gasteiger partial charge is 1.00 e. The normalized spacial score (nSPS) is 9.89. The Morgan fingerprint density at radius 3 is 2.72 bits per heavy atom. The van der Waals surface area contributed by atoms with Gasteiger partial charge in [-0.25, -0.2) is 5.84 Å². The molecule has 0 bridgehead atoms. The van der Waals surface area contributed by atoms with Crippen LogP contribution in [0.3, 0.4) is 0 Å². The van der Waals surface area contributed by atoms with E-state index >= 15 is 0 Å². The minimum absolute atomic E-state index is 0. The molecule has 2 aromatic rings. The van der Waals surface area contributed by atoms with Crippen molar-refractivity contribution in [1.82, 2.24) is 5.43 Å². The van der Waals surface area contributed by atoms with E-state index in [0.29, 0.717) is 5.69 Å². The number of halogens is 1. The lowest BCUT2D eigenvalue weighted by atomic mass is 10.1. The van der Waals surface area contributed by atoms with E-state index in [1.54, 1.807) is 0 Å². The molecular formula is C12H15BrN4O. The number of hydrazine groups is 1. The van der Waals surface area contributed by atoms with Crippen LogP contribution in [-0.2, 0) is 11.3 Å². The van der Waals surface area contributed by atoms with Gasteiger partial charge in [0.1, 0.15) is 0 Å². The van der Waals surface area contributed by atoms with Crippen LogP contribution >= 0.6 is 0 Å². The maximum absolute atomic E-state index is 11.4. The van der Waals surface area contributed by atoms with E-state index in [9.17, 15) is 4.79 Å². The molecule has 18 heavy (non-hydrogen) atoms. The molecule has 0 atom stereocenters. The Morgan fingerprint density at radius 1 is 1.39 bits per heavy atom. The van der Waals surface area contributed by atoms with E-state index in [4.69, 9.17) is 11.6 Å². The van der Waals surface area contributed by atoms with Gasteiger partial charge >= 0.3 is 0 Å². The van der Waals surface area contributed by atoms with Gasteiger partial charge in [0.2, 0.25) is 12.1 Å². The van der Waals surface area contributed by atoms with Gasteiger partial charge in [0.05, 0.1) is 11.1 Å². The SMILES string of the molecule is Cc1cc(N)c2ccccc2[n+]1CC(=O)NN.[Br-]. The highest BCUT2D eigenvalue weighted by Crippen LogP contribution is 2.18. The number of nitrogen functional groups attached to an aromatic ring is 1. The summed E-state index contributed by atoms with van der Waals surface area (Å²) in [5, 5.41) is 0.933. The first kappa shape index (κ1) is 14.4. The second kappa shape index (κ2) is 5.79. The van der Waals surface area contributed by atoms with Crippen molar-refractivity contribution >= 4 is 22.5 Å². The number of anilines is 1. The van der Waals surface area contributed by atoms with E-state index in [2.05, 4.69) is 5.43 Å². The fourth-order valence-electron chi connectivity index (χ4n) is 1.92. The standard InChI is InChI=1S/C12H14N4O.BrH/c1-8-6-10(13)9-4-2-3-5-11(9)16(8)7-12(17)15-14;/h2-6,13H,7,14H2,1H3,(H,15,17);1H. The first-order chi connectivity index (χ1) is 8.13. The van der Waals surface area contributed by atoms with Gasteiger partial charge in [-0.05, 0) is 6.07 Å². The van der Waals surface area contributed by atoms with Gasteiger partial charge in [0.25, 0.3) is 5.91 Å². The number of para-hydroxylation sites is 1. The van der Waals surface area contributed by atoms with Crippen LogP contribution in [-0.4, -0.2) is 5.91 Å². The first-order valence-electron chi connectivity index (χ1n) is 5.30. The third-order valence-electron chi connectivity index (χ3n) is 2.76. The van der Waals surface area contributed by atoms with E-state index in [1.165, 1.54) is 0 Å². The van der Waals surface area contributed by atoms with Crippen molar-refractivity contribution in [3.05, 3.63) is 36.0 Å². The number of nitrogens with one attached hydrogen (secondary N) is 1. The fraction of sp³-hybridized carbons (Fsp3) is 0.167. The number of hydrogen-bond acceptors (Lipinski definition) is 3. The van der Waals surface area contributed by atoms with Crippen LogP contribution in [0.15, 0.2) is 30.3 Å². The molecule has 0 saturated heterocycles. The molecule has 0 radical (unpaired) electrons. The topological polar surface area (TPSA) is 85.0 Å². The second-order valence-electron chi connectivity index (χ2n) is 3.91. The van der Waals surface area contributed by atoms with Crippen molar-refractivity contribution in [2.45, 2.75) is 13.5 Å². The van der Waals surface area contributed by atoms with Crippen molar-refractivity contribution in [2.75, 3.05) is 5.73 Å². The summed E-state index contributed by atoms with van der Waals surface area (Å²) in [6.07, 6.45) is 0. The Labute approximate surface area is 116 Å². The molecule has 1 aromatic heterocycles. The van der Waals surface area contributed by atoms with E-state index < -0.39 is 0 Å². The minimum atomic E-state index is -0.243. The predicted molar refractivity (Wildman–Crippen MR) is 65.6 cm³/mol. The summed E-state index contributed by atoms with van der Waals surface area (Å²) < 4.78 is 1.88. The minimum Gasteiger partial charge on any atom is -1.00 e. The number of benzene rings is 1. The number of rotatable bonds is 2. The molecule has 6 heteroatoms. The van der Waals surface area contributed by atoms with Crippen LogP contribution in [0, 0.1) is 6.92 Å². The lowest BCUT2D eigenvalue weighted by Crippen LogP contribution is -3.00. The molecule has 5 nitrogen and oxygen atoms in total. The van der Waals surface area contributed by atoms with Crippen molar-refractivity contribution in [3.8, 4) is 0 Å². The zero-order valence-electron chi connectivity index (χ0n) is 9.98. The number of hydrogen-bond donors (Lipinski definition) is 3. The van der Waals surface area contributed by atoms with Crippen molar-refractivity contribution in [2.24, 2.45) is 5.84 Å². The van der Waals surface area contributed by atoms with Gasteiger partial charge in [-0.3, -0.25) is 10.2 Å². The number of aromatic nitrogens is 1. The van der Waals surface area contributed by atoms with Crippen molar-refractivity contribution in [1.29, 1.82) is 0 Å². The highest BCUT2D eigenvalue weighted by atomic mass is 79.9. The second-order valence-corrected chi connectivity index (χ2v) is 3.91. The van der Waals surface area contributed by atoms with Gasteiger partial charge in [0, 0.05) is 19.1 Å². The van der Waals surface area contributed by atoms with Gasteiger partial charge in [-0.2, -0.15) is 4.57 Å². The highest BCUT2D eigenvalue weighted by molar-refractivity contribution is 5.88. The third kappa shape index (κ3) is 2.60. The monoisotopic (exact) mass is 310 g/mol. The summed E-state index contributed by atoms with van der Waals surface area (Å²) in [7, 11) is 0. The Morgan fingerprint density at radius 2 is 2.06 bits per heavy atom. The molecule has 0 fully saturated rings. The molecule has 0 aliphatic heterocycles. The first-order valence-corrected chi connectivity index (χ1v) is 5.30. The van der Waals surface area contributed by atoms with Gasteiger partial charge in [-0.1, -0.05) is 12.1 Å². The van der Waals surface area contributed by atoms with Crippen molar-refractivity contribution in [3.63, 3.8) is 0 Å². The fourth-order valence-corrected chi connectivity index (χ4v) is 1.92. The summed E-state index contributed by atoms with van der Waals surface area (Å²) in [6, 6.07) is 9.55. The van der Waals surface area contributed by atoms with Crippen molar-refractivity contribution < 1.29 is 26.3 Å². The van der Waals surface area contributed by atoms with Crippen LogP contribution in [0.2, 0.25) is 0 Å². The lowest BCUT2D eigenvalue weighted by molar-refractivity contribution is -0.664. The van der Waals surface area contributed by atoms with Gasteiger partial charge < -0.3 is 22.7 Å². The summed E-state index contributed by atoms with van der Waals surface area (Å²) in [5.41, 5.74) is 10.6. The lowest BCUT2D eigenvalue weighted by Gasteiger charge is -2.06. The highest BCUT2D eigenvalue weighted by Gasteiger charge is 2.17. The van der Waals surface area contributed by atoms with Crippen LogP contribution in [0.5, 0.6) is 0 Å². The number of nitrogens with zero attached hydrogens (tertiary/aromatic N) is 1. The summed E-state index contributed by atoms with van der Waals surface area (Å²) in [5.74, 6) is 4.86. The number of pyridine rings is 1. The Kier molecular flexibility index (Phi) is 4.63. The smallest absolute Gasteiger partial charge is 0.299 e. The summed E-state index contributed by atoms with van der Waals surface area (Å²) in [6.45, 7) is 2.09. The number of carbonyl (C=O) groups excluding carboxylic acids is 1. The van der Waals surface area contributed by atoms with E-state index in [0.717, 1.165) is 16.6 Å². The molecule has 1 amide bonds. The van der Waals surface area contributed by atoms with Crippen LogP contribution in [0.4, 0.5) is 5.69 Å². The molecular weight excluding hydrogens is 296 g/mol. The zero-order chi connectivity index (χ0) is 12.4. The van der Waals surface area contributed by atoms with E-state index in [-0.39, 0.29) is 29.4 Å². The van der Waals surface area contributed by atoms with Gasteiger partial charge in [0.15, 0.2) is 5.69 Å². The molecule has 0 saturated carbocycles. The average molecular weight is 311 g/mol. The van der Waals surface area contributed by atoms with Gasteiger partial charge in [-0.15, -0.1) is 0 Å².